The summed E-state index contributed by atoms with van der Waals surface area (Å²) in [5.74, 6) is 0.599. The lowest BCUT2D eigenvalue weighted by molar-refractivity contribution is -0.384. The number of carbonyl (C=O) groups is 1. The van der Waals surface area contributed by atoms with E-state index < -0.39 is 4.92 Å². The first kappa shape index (κ1) is 18.4. The number of ether oxygens (including phenoxy) is 1. The lowest BCUT2D eigenvalue weighted by atomic mass is 10.1. The van der Waals surface area contributed by atoms with Gasteiger partial charge in [-0.3, -0.25) is 14.9 Å². The second-order valence-electron chi connectivity index (χ2n) is 6.77. The molecule has 6 nitrogen and oxygen atoms in total. The van der Waals surface area contributed by atoms with Crippen molar-refractivity contribution >= 4 is 17.5 Å². The molecule has 4 rings (SSSR count). The summed E-state index contributed by atoms with van der Waals surface area (Å²) < 4.78 is 5.87. The quantitative estimate of drug-likeness (QED) is 0.389. The molecule has 6 heteroatoms. The molecule has 0 unspecified atom stereocenters. The summed E-state index contributed by atoms with van der Waals surface area (Å²) in [6.07, 6.45) is 2.34. The summed E-state index contributed by atoms with van der Waals surface area (Å²) in [5, 5.41) is 20.2. The number of fused-ring (bicyclic) bond motifs is 1. The van der Waals surface area contributed by atoms with Gasteiger partial charge in [-0.25, -0.2) is 0 Å². The van der Waals surface area contributed by atoms with Crippen LogP contribution in [0.25, 0.3) is 6.08 Å². The zero-order valence-corrected chi connectivity index (χ0v) is 15.4. The van der Waals surface area contributed by atoms with E-state index in [2.05, 4.69) is 0 Å². The maximum Gasteiger partial charge on any atom is 0.269 e. The van der Waals surface area contributed by atoms with E-state index in [0.29, 0.717) is 23.3 Å². The molecule has 3 aromatic carbocycles. The number of allylic oxidation sites excluding steroid dienone is 1. The molecular formula is C23H17NO5. The lowest BCUT2D eigenvalue weighted by Crippen LogP contribution is -2.02. The number of nitrogens with zero attached hydrogens (tertiary/aromatic N) is 1. The average molecular weight is 387 g/mol. The molecule has 3 aromatic rings. The minimum atomic E-state index is -0.449. The number of aromatic hydroxyl groups is 1. The predicted octanol–water partition coefficient (Wildman–Crippen LogP) is 4.70. The number of benzene rings is 3. The van der Waals surface area contributed by atoms with Gasteiger partial charge in [0, 0.05) is 24.1 Å². The molecule has 0 saturated heterocycles. The van der Waals surface area contributed by atoms with E-state index >= 15 is 0 Å². The highest BCUT2D eigenvalue weighted by Gasteiger charge is 2.28. The smallest absolute Gasteiger partial charge is 0.269 e. The maximum absolute atomic E-state index is 12.9. The monoisotopic (exact) mass is 387 g/mol. The van der Waals surface area contributed by atoms with Crippen molar-refractivity contribution in [3.63, 3.8) is 0 Å². The van der Waals surface area contributed by atoms with Crippen molar-refractivity contribution in [1.29, 1.82) is 0 Å². The minimum Gasteiger partial charge on any atom is -0.508 e. The Morgan fingerprint density at radius 1 is 1.03 bits per heavy atom. The number of Topliss-reactive ketones (excluding diaryl/α,β-unsaturated/α-hetero) is 1. The Kier molecular flexibility index (Phi) is 4.83. The molecular weight excluding hydrogens is 370 g/mol. The van der Waals surface area contributed by atoms with Crippen LogP contribution in [0.1, 0.15) is 27.0 Å². The van der Waals surface area contributed by atoms with Crippen LogP contribution in [-0.2, 0) is 13.0 Å². The van der Waals surface area contributed by atoms with Gasteiger partial charge in [-0.2, -0.15) is 0 Å². The summed E-state index contributed by atoms with van der Waals surface area (Å²) in [6.45, 7) is 0.207. The second-order valence-corrected chi connectivity index (χ2v) is 6.77. The van der Waals surface area contributed by atoms with Crippen LogP contribution in [0.5, 0.6) is 11.5 Å². The third kappa shape index (κ3) is 3.87. The Morgan fingerprint density at radius 2 is 1.76 bits per heavy atom. The molecule has 0 aliphatic heterocycles. The number of phenols is 1. The number of nitro benzene ring substituents is 1. The van der Waals surface area contributed by atoms with E-state index in [9.17, 15) is 20.0 Å². The van der Waals surface area contributed by atoms with Crippen molar-refractivity contribution in [2.45, 2.75) is 13.0 Å². The Labute approximate surface area is 166 Å². The predicted molar refractivity (Wildman–Crippen MR) is 108 cm³/mol. The first-order valence-corrected chi connectivity index (χ1v) is 9.03. The van der Waals surface area contributed by atoms with Crippen LogP contribution in [0.15, 0.2) is 72.3 Å². The Morgan fingerprint density at radius 3 is 2.45 bits per heavy atom. The normalized spacial score (nSPS) is 14.1. The van der Waals surface area contributed by atoms with E-state index in [-0.39, 0.29) is 23.8 Å². The van der Waals surface area contributed by atoms with Gasteiger partial charge in [0.1, 0.15) is 18.1 Å². The third-order valence-electron chi connectivity index (χ3n) is 4.79. The number of rotatable bonds is 5. The second kappa shape index (κ2) is 7.59. The van der Waals surface area contributed by atoms with Crippen LogP contribution in [0.2, 0.25) is 0 Å². The SMILES string of the molecule is O=C1/C(=C/c2ccc(O)cc2)Cc2cccc(OCc3ccc([N+](=O)[O-])cc3)c21. The number of carbonyl (C=O) groups excluding carboxylic acids is 1. The topological polar surface area (TPSA) is 89.7 Å². The zero-order valence-electron chi connectivity index (χ0n) is 15.4. The van der Waals surface area contributed by atoms with Crippen molar-refractivity contribution in [2.75, 3.05) is 0 Å². The summed E-state index contributed by atoms with van der Waals surface area (Å²) >= 11 is 0. The van der Waals surface area contributed by atoms with E-state index in [1.165, 1.54) is 12.1 Å². The van der Waals surface area contributed by atoms with Crippen molar-refractivity contribution in [1.82, 2.24) is 0 Å². The minimum absolute atomic E-state index is 0.0218. The largest absolute Gasteiger partial charge is 0.508 e. The zero-order chi connectivity index (χ0) is 20.4. The fourth-order valence-electron chi connectivity index (χ4n) is 3.31. The van der Waals surface area contributed by atoms with E-state index in [0.717, 1.165) is 16.7 Å². The van der Waals surface area contributed by atoms with Gasteiger partial charge in [-0.1, -0.05) is 24.3 Å². The Hall–Kier alpha value is -3.93. The van der Waals surface area contributed by atoms with E-state index in [1.807, 2.05) is 18.2 Å². The molecule has 0 spiro atoms. The highest BCUT2D eigenvalue weighted by atomic mass is 16.6. The van der Waals surface area contributed by atoms with Gasteiger partial charge in [-0.15, -0.1) is 0 Å². The third-order valence-corrected chi connectivity index (χ3v) is 4.79. The van der Waals surface area contributed by atoms with Crippen LogP contribution in [0.3, 0.4) is 0 Å². The van der Waals surface area contributed by atoms with Gasteiger partial charge >= 0.3 is 0 Å². The van der Waals surface area contributed by atoms with Gasteiger partial charge in [0.15, 0.2) is 5.78 Å². The number of hydrogen-bond acceptors (Lipinski definition) is 5. The standard InChI is InChI=1S/C23H17NO5/c25-20-10-6-15(7-11-20)12-18-13-17-2-1-3-21(22(17)23(18)26)29-14-16-4-8-19(9-5-16)24(27)28/h1-12,25H,13-14H2/b18-12+. The van der Waals surface area contributed by atoms with Gasteiger partial charge in [0.25, 0.3) is 5.69 Å². The van der Waals surface area contributed by atoms with Gasteiger partial charge in [0.05, 0.1) is 10.5 Å². The first-order valence-electron chi connectivity index (χ1n) is 9.03. The summed E-state index contributed by atoms with van der Waals surface area (Å²) in [4.78, 5) is 23.3. The Bertz CT molecular complexity index is 1120. The van der Waals surface area contributed by atoms with Gasteiger partial charge in [-0.05, 0) is 53.1 Å². The van der Waals surface area contributed by atoms with Gasteiger partial charge in [0.2, 0.25) is 0 Å². The molecule has 0 radical (unpaired) electrons. The fourth-order valence-corrected chi connectivity index (χ4v) is 3.31. The number of hydrogen-bond donors (Lipinski definition) is 1. The van der Waals surface area contributed by atoms with E-state index in [4.69, 9.17) is 4.74 Å². The number of ketones is 1. The summed E-state index contributed by atoms with van der Waals surface area (Å²) in [6, 6.07) is 18.3. The van der Waals surface area contributed by atoms with Crippen LogP contribution in [-0.4, -0.2) is 15.8 Å². The Balaban J connectivity index is 1.54. The van der Waals surface area contributed by atoms with E-state index in [1.54, 1.807) is 42.5 Å². The summed E-state index contributed by atoms with van der Waals surface area (Å²) in [5.41, 5.74) is 3.76. The van der Waals surface area contributed by atoms with Gasteiger partial charge < -0.3 is 9.84 Å². The number of non-ortho nitro benzene ring substituents is 1. The van der Waals surface area contributed by atoms with Crippen LogP contribution >= 0.6 is 0 Å². The number of nitro groups is 1. The van der Waals surface area contributed by atoms with Crippen LogP contribution < -0.4 is 4.74 Å². The molecule has 144 valence electrons. The molecule has 0 saturated carbocycles. The van der Waals surface area contributed by atoms with Crippen LogP contribution in [0, 0.1) is 10.1 Å². The van der Waals surface area contributed by atoms with Crippen LogP contribution in [0.4, 0.5) is 5.69 Å². The molecule has 0 amide bonds. The summed E-state index contributed by atoms with van der Waals surface area (Å²) in [7, 11) is 0. The molecule has 0 bridgehead atoms. The maximum atomic E-state index is 12.9. The average Bonchev–Trinajstić information content (AvgIpc) is 3.04. The first-order chi connectivity index (χ1) is 14.0. The molecule has 1 N–H and O–H groups in total. The molecule has 0 heterocycles. The molecule has 1 aliphatic rings. The molecule has 1 aliphatic carbocycles. The molecule has 29 heavy (non-hydrogen) atoms. The van der Waals surface area contributed by atoms with Crippen molar-refractivity contribution in [3.8, 4) is 11.5 Å². The van der Waals surface area contributed by atoms with Crippen molar-refractivity contribution < 1.29 is 19.6 Å². The highest BCUT2D eigenvalue weighted by Crippen LogP contribution is 2.35. The van der Waals surface area contributed by atoms with Crippen molar-refractivity contribution in [2.24, 2.45) is 0 Å². The molecule has 0 atom stereocenters. The fraction of sp³-hybridized carbons (Fsp3) is 0.0870. The lowest BCUT2D eigenvalue weighted by Gasteiger charge is -2.10. The molecule has 0 fully saturated rings. The van der Waals surface area contributed by atoms with Crippen molar-refractivity contribution in [3.05, 3.63) is 105 Å². The highest BCUT2D eigenvalue weighted by molar-refractivity contribution is 6.17. The molecule has 0 aromatic heterocycles. The number of phenolic OH excluding ortho intramolecular Hbond substituents is 1.